The first-order chi connectivity index (χ1) is 17.2. The molecule has 0 fully saturated rings. The lowest BCUT2D eigenvalue weighted by molar-refractivity contribution is -0.129. The van der Waals surface area contributed by atoms with Crippen LogP contribution in [0.25, 0.3) is 0 Å². The highest BCUT2D eigenvalue weighted by atomic mass is 16.1. The van der Waals surface area contributed by atoms with Gasteiger partial charge < -0.3 is 0 Å². The summed E-state index contributed by atoms with van der Waals surface area (Å²) in [4.78, 5) is 36.6. The molecule has 3 heteroatoms. The standard InChI is InChI=1S/C23H32O3.C10H14/c1-5-8-18(20(6-2)21(25)11-16(4)24)12-17-13-19-10-7-9-15(3)23(19)22(26)14-17;1-3-4-10-7-5-9(2)6-8-10/h7,9-10,17-18,20H,5-6,8,11-14H2,1-4H3;5-8H,3-4H2,1-2H3. The number of benzene rings is 2. The van der Waals surface area contributed by atoms with Crippen LogP contribution >= 0.6 is 0 Å². The Labute approximate surface area is 219 Å². The largest absolute Gasteiger partial charge is 0.300 e. The van der Waals surface area contributed by atoms with Crippen molar-refractivity contribution in [3.05, 3.63) is 70.3 Å². The van der Waals surface area contributed by atoms with Gasteiger partial charge in [-0.15, -0.1) is 0 Å². The van der Waals surface area contributed by atoms with Crippen LogP contribution in [0.3, 0.4) is 0 Å². The monoisotopic (exact) mass is 490 g/mol. The van der Waals surface area contributed by atoms with E-state index in [2.05, 4.69) is 51.1 Å². The van der Waals surface area contributed by atoms with Crippen LogP contribution in [-0.4, -0.2) is 17.3 Å². The van der Waals surface area contributed by atoms with Crippen LogP contribution in [0.4, 0.5) is 0 Å². The zero-order chi connectivity index (χ0) is 26.7. The lowest BCUT2D eigenvalue weighted by Gasteiger charge is -2.31. The first-order valence-corrected chi connectivity index (χ1v) is 13.9. The summed E-state index contributed by atoms with van der Waals surface area (Å²) in [6.07, 6.45) is 7.66. The van der Waals surface area contributed by atoms with Crippen LogP contribution in [0.15, 0.2) is 42.5 Å². The minimum Gasteiger partial charge on any atom is -0.300 e. The molecule has 3 rings (SSSR count). The Morgan fingerprint density at radius 3 is 2.22 bits per heavy atom. The van der Waals surface area contributed by atoms with Gasteiger partial charge in [-0.2, -0.15) is 0 Å². The van der Waals surface area contributed by atoms with E-state index in [0.29, 0.717) is 12.3 Å². The lowest BCUT2D eigenvalue weighted by Crippen LogP contribution is -2.29. The molecule has 3 nitrogen and oxygen atoms in total. The Kier molecular flexibility index (Phi) is 12.3. The fourth-order valence-corrected chi connectivity index (χ4v) is 5.74. The zero-order valence-corrected chi connectivity index (χ0v) is 23.4. The second-order valence-corrected chi connectivity index (χ2v) is 10.7. The van der Waals surface area contributed by atoms with Gasteiger partial charge in [0.25, 0.3) is 0 Å². The van der Waals surface area contributed by atoms with Gasteiger partial charge in [-0.1, -0.05) is 88.1 Å². The summed E-state index contributed by atoms with van der Waals surface area (Å²) in [5, 5.41) is 0. The van der Waals surface area contributed by atoms with Crippen LogP contribution in [0.1, 0.15) is 105 Å². The molecular formula is C33H46O3. The third-order valence-corrected chi connectivity index (χ3v) is 7.42. The van der Waals surface area contributed by atoms with Crippen molar-refractivity contribution in [2.75, 3.05) is 0 Å². The third-order valence-electron chi connectivity index (χ3n) is 7.42. The van der Waals surface area contributed by atoms with Gasteiger partial charge in [0.1, 0.15) is 11.6 Å². The zero-order valence-electron chi connectivity index (χ0n) is 23.4. The summed E-state index contributed by atoms with van der Waals surface area (Å²) in [7, 11) is 0. The van der Waals surface area contributed by atoms with Crippen molar-refractivity contribution in [2.24, 2.45) is 17.8 Å². The molecule has 0 spiro atoms. The fraction of sp³-hybridized carbons (Fsp3) is 0.545. The molecule has 0 aromatic heterocycles. The SMILES string of the molecule is CCCC(CC1CC(=O)c2c(C)cccc2C1)C(CC)C(=O)CC(C)=O.CCCc1ccc(C)cc1. The van der Waals surface area contributed by atoms with Crippen molar-refractivity contribution in [2.45, 2.75) is 99.3 Å². The molecule has 0 aliphatic heterocycles. The predicted molar refractivity (Wildman–Crippen MR) is 150 cm³/mol. The molecule has 0 bridgehead atoms. The number of aryl methyl sites for hydroxylation is 3. The summed E-state index contributed by atoms with van der Waals surface area (Å²) >= 11 is 0. The van der Waals surface area contributed by atoms with E-state index in [1.807, 2.05) is 26.0 Å². The maximum absolute atomic E-state index is 12.7. The maximum atomic E-state index is 12.7. The molecule has 3 atom stereocenters. The van der Waals surface area contributed by atoms with E-state index in [-0.39, 0.29) is 35.6 Å². The van der Waals surface area contributed by atoms with Gasteiger partial charge >= 0.3 is 0 Å². The number of ketones is 3. The van der Waals surface area contributed by atoms with Crippen LogP contribution in [0.2, 0.25) is 0 Å². The number of carbonyl (C=O) groups excluding carboxylic acids is 3. The van der Waals surface area contributed by atoms with Crippen LogP contribution < -0.4 is 0 Å². The van der Waals surface area contributed by atoms with E-state index >= 15 is 0 Å². The molecule has 2 aromatic rings. The number of Topliss-reactive ketones (excluding diaryl/α,β-unsaturated/α-hetero) is 3. The van der Waals surface area contributed by atoms with Gasteiger partial charge in [0.05, 0.1) is 6.42 Å². The molecule has 0 saturated heterocycles. The number of hydrogen-bond donors (Lipinski definition) is 0. The molecule has 1 aliphatic carbocycles. The Morgan fingerprint density at radius 2 is 1.64 bits per heavy atom. The molecule has 1 aliphatic rings. The molecule has 0 saturated carbocycles. The second kappa shape index (κ2) is 14.9. The van der Waals surface area contributed by atoms with Gasteiger partial charge in [-0.3, -0.25) is 14.4 Å². The Balaban J connectivity index is 0.000000380. The number of carbonyl (C=O) groups is 3. The van der Waals surface area contributed by atoms with Crippen molar-refractivity contribution in [1.82, 2.24) is 0 Å². The van der Waals surface area contributed by atoms with Gasteiger partial charge in [0, 0.05) is 17.9 Å². The number of rotatable bonds is 11. The van der Waals surface area contributed by atoms with E-state index in [4.69, 9.17) is 0 Å². The maximum Gasteiger partial charge on any atom is 0.163 e. The van der Waals surface area contributed by atoms with Crippen molar-refractivity contribution in [3.8, 4) is 0 Å². The highest BCUT2D eigenvalue weighted by molar-refractivity contribution is 6.00. The predicted octanol–water partition coefficient (Wildman–Crippen LogP) is 8.07. The summed E-state index contributed by atoms with van der Waals surface area (Å²) < 4.78 is 0. The first kappa shape index (κ1) is 29.7. The van der Waals surface area contributed by atoms with Crippen molar-refractivity contribution >= 4 is 17.3 Å². The summed E-state index contributed by atoms with van der Waals surface area (Å²) in [5.74, 6) is 0.770. The average Bonchev–Trinajstić information content (AvgIpc) is 2.81. The third kappa shape index (κ3) is 8.84. The van der Waals surface area contributed by atoms with E-state index < -0.39 is 0 Å². The minimum absolute atomic E-state index is 0.0460. The van der Waals surface area contributed by atoms with Crippen molar-refractivity contribution in [3.63, 3.8) is 0 Å². The minimum atomic E-state index is -0.0622. The molecule has 0 amide bonds. The summed E-state index contributed by atoms with van der Waals surface area (Å²) in [6.45, 7) is 12.0. The Bertz CT molecular complexity index is 1000. The second-order valence-electron chi connectivity index (χ2n) is 10.7. The average molecular weight is 491 g/mol. The normalized spacial score (nSPS) is 16.4. The van der Waals surface area contributed by atoms with E-state index in [0.717, 1.165) is 48.8 Å². The molecule has 3 unspecified atom stereocenters. The first-order valence-electron chi connectivity index (χ1n) is 13.9. The Morgan fingerprint density at radius 1 is 0.944 bits per heavy atom. The number of hydrogen-bond acceptors (Lipinski definition) is 3. The summed E-state index contributed by atoms with van der Waals surface area (Å²) in [6, 6.07) is 14.9. The highest BCUT2D eigenvalue weighted by Crippen LogP contribution is 2.36. The highest BCUT2D eigenvalue weighted by Gasteiger charge is 2.32. The summed E-state index contributed by atoms with van der Waals surface area (Å²) in [5.41, 5.74) is 5.94. The van der Waals surface area contributed by atoms with E-state index in [1.165, 1.54) is 30.9 Å². The van der Waals surface area contributed by atoms with Crippen LogP contribution in [0, 0.1) is 31.6 Å². The van der Waals surface area contributed by atoms with Gasteiger partial charge in [0.2, 0.25) is 0 Å². The van der Waals surface area contributed by atoms with Gasteiger partial charge in [-0.05, 0) is 75.0 Å². The van der Waals surface area contributed by atoms with E-state index in [1.54, 1.807) is 0 Å². The van der Waals surface area contributed by atoms with Crippen molar-refractivity contribution in [1.29, 1.82) is 0 Å². The lowest BCUT2D eigenvalue weighted by atomic mass is 9.72. The molecule has 0 N–H and O–H groups in total. The quantitative estimate of drug-likeness (QED) is 0.299. The molecule has 0 heterocycles. The molecular weight excluding hydrogens is 444 g/mol. The van der Waals surface area contributed by atoms with E-state index in [9.17, 15) is 14.4 Å². The molecule has 196 valence electrons. The van der Waals surface area contributed by atoms with Crippen LogP contribution in [-0.2, 0) is 22.4 Å². The number of fused-ring (bicyclic) bond motifs is 1. The van der Waals surface area contributed by atoms with Gasteiger partial charge in [0.15, 0.2) is 5.78 Å². The molecule has 0 radical (unpaired) electrons. The van der Waals surface area contributed by atoms with Crippen molar-refractivity contribution < 1.29 is 14.4 Å². The Hall–Kier alpha value is -2.55. The van der Waals surface area contributed by atoms with Crippen LogP contribution in [0.5, 0.6) is 0 Å². The molecule has 2 aromatic carbocycles. The van der Waals surface area contributed by atoms with Gasteiger partial charge in [-0.25, -0.2) is 0 Å². The topological polar surface area (TPSA) is 51.2 Å². The molecule has 36 heavy (non-hydrogen) atoms. The smallest absolute Gasteiger partial charge is 0.163 e. The fourth-order valence-electron chi connectivity index (χ4n) is 5.74.